The maximum Gasteiger partial charge on any atom is 0.347 e. The molecule has 36 heavy (non-hydrogen) atoms. The highest BCUT2D eigenvalue weighted by Crippen LogP contribution is 2.30. The van der Waals surface area contributed by atoms with Crippen LogP contribution in [0.3, 0.4) is 0 Å². The standard InChI is InChI=1S/C29H26O7/c1-5-34-23-12-15-27-24(17-23)28(18(2)35-27)29(31)36-21-9-6-19(7-10-21)25(30)13-8-20-16-22(32-3)11-14-26(20)33-4/h6-17H,5H2,1-4H3. The molecule has 3 aromatic carbocycles. The summed E-state index contributed by atoms with van der Waals surface area (Å²) in [7, 11) is 3.13. The van der Waals surface area contributed by atoms with Crippen LogP contribution >= 0.6 is 0 Å². The highest BCUT2D eigenvalue weighted by molar-refractivity contribution is 6.07. The molecule has 0 atom stereocenters. The number of hydrogen-bond acceptors (Lipinski definition) is 7. The zero-order valence-corrected chi connectivity index (χ0v) is 20.5. The quantitative estimate of drug-likeness (QED) is 0.119. The lowest BCUT2D eigenvalue weighted by molar-refractivity contribution is 0.0734. The lowest BCUT2D eigenvalue weighted by atomic mass is 10.1. The van der Waals surface area contributed by atoms with Crippen LogP contribution < -0.4 is 18.9 Å². The van der Waals surface area contributed by atoms with E-state index in [9.17, 15) is 9.59 Å². The summed E-state index contributed by atoms with van der Waals surface area (Å²) in [5.41, 5.74) is 2.07. The molecule has 1 aromatic heterocycles. The second kappa shape index (κ2) is 10.8. The van der Waals surface area contributed by atoms with Gasteiger partial charge in [-0.2, -0.15) is 0 Å². The van der Waals surface area contributed by atoms with E-state index >= 15 is 0 Å². The van der Waals surface area contributed by atoms with Gasteiger partial charge in [0.1, 0.15) is 39.9 Å². The summed E-state index contributed by atoms with van der Waals surface area (Å²) in [6, 6.07) is 17.0. The van der Waals surface area contributed by atoms with Crippen LogP contribution in [0.25, 0.3) is 17.0 Å². The molecule has 0 spiro atoms. The van der Waals surface area contributed by atoms with Crippen molar-refractivity contribution < 1.29 is 33.0 Å². The number of fused-ring (bicyclic) bond motifs is 1. The molecule has 0 saturated heterocycles. The van der Waals surface area contributed by atoms with Crippen LogP contribution in [0.1, 0.15) is 39.0 Å². The zero-order chi connectivity index (χ0) is 25.7. The third kappa shape index (κ3) is 5.25. The Balaban J connectivity index is 1.49. The van der Waals surface area contributed by atoms with E-state index in [0.717, 1.165) is 0 Å². The molecule has 0 unspecified atom stereocenters. The second-order valence-corrected chi connectivity index (χ2v) is 7.84. The maximum absolute atomic E-state index is 12.9. The van der Waals surface area contributed by atoms with Crippen molar-refractivity contribution in [3.8, 4) is 23.0 Å². The van der Waals surface area contributed by atoms with Gasteiger partial charge in [-0.25, -0.2) is 4.79 Å². The minimum atomic E-state index is -0.552. The van der Waals surface area contributed by atoms with Gasteiger partial charge in [0.05, 0.1) is 20.8 Å². The Hall–Kier alpha value is -4.52. The molecule has 0 aliphatic heterocycles. The monoisotopic (exact) mass is 486 g/mol. The number of aryl methyl sites for hydroxylation is 1. The fraction of sp³-hybridized carbons (Fsp3) is 0.172. The first-order valence-electron chi connectivity index (χ1n) is 11.4. The van der Waals surface area contributed by atoms with Gasteiger partial charge in [-0.15, -0.1) is 0 Å². The number of allylic oxidation sites excluding steroid dienone is 1. The zero-order valence-electron chi connectivity index (χ0n) is 20.5. The van der Waals surface area contributed by atoms with Crippen molar-refractivity contribution in [3.63, 3.8) is 0 Å². The molecule has 1 heterocycles. The maximum atomic E-state index is 12.9. The Kier molecular flexibility index (Phi) is 7.39. The van der Waals surface area contributed by atoms with Crippen LogP contribution in [0.15, 0.2) is 71.2 Å². The molecule has 0 N–H and O–H groups in total. The number of esters is 1. The highest BCUT2D eigenvalue weighted by Gasteiger charge is 2.21. The van der Waals surface area contributed by atoms with Crippen LogP contribution in [0.4, 0.5) is 0 Å². The lowest BCUT2D eigenvalue weighted by Gasteiger charge is -2.07. The molecule has 184 valence electrons. The number of rotatable bonds is 9. The first-order valence-corrected chi connectivity index (χ1v) is 11.4. The van der Waals surface area contributed by atoms with Crippen molar-refractivity contribution in [1.29, 1.82) is 0 Å². The summed E-state index contributed by atoms with van der Waals surface area (Å²) in [5.74, 6) is 1.92. The third-order valence-electron chi connectivity index (χ3n) is 5.55. The number of ether oxygens (including phenoxy) is 4. The van der Waals surface area contributed by atoms with Gasteiger partial charge in [0.25, 0.3) is 0 Å². The van der Waals surface area contributed by atoms with Crippen molar-refractivity contribution in [2.75, 3.05) is 20.8 Å². The van der Waals surface area contributed by atoms with Crippen molar-refractivity contribution >= 4 is 28.8 Å². The molecule has 0 bridgehead atoms. The number of carbonyl (C=O) groups is 2. The van der Waals surface area contributed by atoms with E-state index in [4.69, 9.17) is 23.4 Å². The topological polar surface area (TPSA) is 84.2 Å². The summed E-state index contributed by atoms with van der Waals surface area (Å²) in [4.78, 5) is 25.6. The molecule has 4 rings (SSSR count). The van der Waals surface area contributed by atoms with E-state index in [0.29, 0.717) is 63.0 Å². The van der Waals surface area contributed by atoms with Gasteiger partial charge < -0.3 is 23.4 Å². The molecule has 7 heteroatoms. The van der Waals surface area contributed by atoms with E-state index in [1.54, 1.807) is 87.9 Å². The smallest absolute Gasteiger partial charge is 0.347 e. The molecule has 0 amide bonds. The number of ketones is 1. The van der Waals surface area contributed by atoms with E-state index in [2.05, 4.69) is 0 Å². The fourth-order valence-electron chi connectivity index (χ4n) is 3.79. The SMILES string of the molecule is CCOc1ccc2oc(C)c(C(=O)Oc3ccc(C(=O)C=Cc4cc(OC)ccc4OC)cc3)c2c1. The summed E-state index contributed by atoms with van der Waals surface area (Å²) in [6.07, 6.45) is 3.12. The lowest BCUT2D eigenvalue weighted by Crippen LogP contribution is -2.09. The van der Waals surface area contributed by atoms with Crippen molar-refractivity contribution in [2.45, 2.75) is 13.8 Å². The predicted molar refractivity (Wildman–Crippen MR) is 136 cm³/mol. The molecule has 0 saturated carbocycles. The minimum absolute atomic E-state index is 0.210. The molecule has 0 fully saturated rings. The predicted octanol–water partition coefficient (Wildman–Crippen LogP) is 6.27. The van der Waals surface area contributed by atoms with Crippen LogP contribution in [-0.4, -0.2) is 32.6 Å². The third-order valence-corrected chi connectivity index (χ3v) is 5.55. The van der Waals surface area contributed by atoms with Crippen LogP contribution in [-0.2, 0) is 0 Å². The molecule has 0 radical (unpaired) electrons. The number of furan rings is 1. The Morgan fingerprint density at radius 2 is 1.61 bits per heavy atom. The van der Waals surface area contributed by atoms with Gasteiger partial charge in [-0.3, -0.25) is 4.79 Å². The first kappa shape index (κ1) is 24.6. The Labute approximate surface area is 208 Å². The van der Waals surface area contributed by atoms with Gasteiger partial charge in [0.2, 0.25) is 0 Å². The summed E-state index contributed by atoms with van der Waals surface area (Å²) >= 11 is 0. The molecular formula is C29H26O7. The fourth-order valence-corrected chi connectivity index (χ4v) is 3.79. The summed E-state index contributed by atoms with van der Waals surface area (Å²) < 4.78 is 27.4. The average molecular weight is 487 g/mol. The highest BCUT2D eigenvalue weighted by atomic mass is 16.5. The van der Waals surface area contributed by atoms with Crippen LogP contribution in [0.5, 0.6) is 23.0 Å². The van der Waals surface area contributed by atoms with Gasteiger partial charge in [0, 0.05) is 16.5 Å². The number of carbonyl (C=O) groups excluding carboxylic acids is 2. The van der Waals surface area contributed by atoms with Crippen molar-refractivity contribution in [2.24, 2.45) is 0 Å². The van der Waals surface area contributed by atoms with Gasteiger partial charge in [0.15, 0.2) is 5.78 Å². The molecule has 0 aliphatic carbocycles. The summed E-state index contributed by atoms with van der Waals surface area (Å²) in [6.45, 7) is 4.11. The largest absolute Gasteiger partial charge is 0.497 e. The average Bonchev–Trinajstić information content (AvgIpc) is 3.22. The van der Waals surface area contributed by atoms with Gasteiger partial charge in [-0.05, 0) is 86.7 Å². The van der Waals surface area contributed by atoms with Crippen molar-refractivity contribution in [1.82, 2.24) is 0 Å². The van der Waals surface area contributed by atoms with Gasteiger partial charge >= 0.3 is 5.97 Å². The summed E-state index contributed by atoms with van der Waals surface area (Å²) in [5, 5.41) is 0.619. The van der Waals surface area contributed by atoms with Crippen LogP contribution in [0.2, 0.25) is 0 Å². The Morgan fingerprint density at radius 3 is 2.31 bits per heavy atom. The molecule has 7 nitrogen and oxygen atoms in total. The van der Waals surface area contributed by atoms with Gasteiger partial charge in [-0.1, -0.05) is 0 Å². The van der Waals surface area contributed by atoms with Crippen molar-refractivity contribution in [3.05, 3.63) is 89.2 Å². The van der Waals surface area contributed by atoms with E-state index in [-0.39, 0.29) is 5.78 Å². The second-order valence-electron chi connectivity index (χ2n) is 7.84. The number of methoxy groups -OCH3 is 2. The molecular weight excluding hydrogens is 460 g/mol. The number of hydrogen-bond donors (Lipinski definition) is 0. The van der Waals surface area contributed by atoms with E-state index in [1.165, 1.54) is 6.08 Å². The van der Waals surface area contributed by atoms with E-state index in [1.807, 2.05) is 6.92 Å². The van der Waals surface area contributed by atoms with Crippen LogP contribution in [0, 0.1) is 6.92 Å². The minimum Gasteiger partial charge on any atom is -0.497 e. The number of benzene rings is 3. The molecule has 0 aliphatic rings. The Morgan fingerprint density at radius 1 is 0.889 bits per heavy atom. The van der Waals surface area contributed by atoms with E-state index < -0.39 is 5.97 Å². The molecule has 4 aromatic rings. The Bertz CT molecular complexity index is 1430. The first-order chi connectivity index (χ1) is 17.4. The normalized spacial score (nSPS) is 11.0.